The zero-order chi connectivity index (χ0) is 18.2. The molecule has 0 saturated carbocycles. The van der Waals surface area contributed by atoms with Gasteiger partial charge in [-0.05, 0) is 11.5 Å². The molecule has 2 amide bonds. The van der Waals surface area contributed by atoms with Gasteiger partial charge < -0.3 is 20.5 Å². The highest BCUT2D eigenvalue weighted by atomic mass is 32.1. The maximum absolute atomic E-state index is 12.3. The van der Waals surface area contributed by atoms with Crippen molar-refractivity contribution in [3.05, 3.63) is 47.0 Å². The van der Waals surface area contributed by atoms with Crippen molar-refractivity contribution in [2.24, 2.45) is 0 Å². The van der Waals surface area contributed by atoms with E-state index in [1.807, 2.05) is 44.2 Å². The SMILES string of the molecule is CC(C)c1cnc(NC(=O)C(COCc2ccccc2)NC(=O)O)s1. The van der Waals surface area contributed by atoms with Crippen molar-refractivity contribution in [1.29, 1.82) is 0 Å². The molecule has 0 aliphatic carbocycles. The topological polar surface area (TPSA) is 101 Å². The van der Waals surface area contributed by atoms with Gasteiger partial charge in [0.1, 0.15) is 6.04 Å². The Morgan fingerprint density at radius 2 is 2.00 bits per heavy atom. The van der Waals surface area contributed by atoms with Gasteiger partial charge in [0.25, 0.3) is 5.91 Å². The van der Waals surface area contributed by atoms with E-state index in [-0.39, 0.29) is 6.61 Å². The number of rotatable bonds is 8. The third-order valence-corrected chi connectivity index (χ3v) is 4.55. The Bertz CT molecular complexity index is 703. The number of benzene rings is 1. The molecule has 0 aliphatic rings. The van der Waals surface area contributed by atoms with E-state index in [0.29, 0.717) is 17.7 Å². The monoisotopic (exact) mass is 363 g/mol. The van der Waals surface area contributed by atoms with Gasteiger partial charge >= 0.3 is 6.09 Å². The van der Waals surface area contributed by atoms with E-state index in [4.69, 9.17) is 9.84 Å². The van der Waals surface area contributed by atoms with Crippen LogP contribution in [-0.4, -0.2) is 34.7 Å². The molecular formula is C17H21N3O4S. The standard InChI is InChI=1S/C17H21N3O4S/c1-11(2)14-8-18-16(25-14)20-15(21)13(19-17(22)23)10-24-9-12-6-4-3-5-7-12/h3-8,11,13,19H,9-10H2,1-2H3,(H,22,23)(H,18,20,21). The number of ether oxygens (including phenoxy) is 1. The fourth-order valence-electron chi connectivity index (χ4n) is 2.00. The minimum absolute atomic E-state index is 0.0740. The van der Waals surface area contributed by atoms with Crippen LogP contribution in [0.2, 0.25) is 0 Å². The quantitative estimate of drug-likeness (QED) is 0.669. The lowest BCUT2D eigenvalue weighted by Gasteiger charge is -2.16. The molecule has 0 saturated heterocycles. The third-order valence-electron chi connectivity index (χ3n) is 3.33. The summed E-state index contributed by atoms with van der Waals surface area (Å²) >= 11 is 1.37. The Hall–Kier alpha value is -2.45. The molecule has 7 nitrogen and oxygen atoms in total. The zero-order valence-corrected chi connectivity index (χ0v) is 14.9. The molecule has 1 aromatic heterocycles. The number of carboxylic acid groups (broad SMARTS) is 1. The first-order chi connectivity index (χ1) is 12.0. The molecule has 1 unspecified atom stereocenters. The van der Waals surface area contributed by atoms with E-state index in [2.05, 4.69) is 15.6 Å². The number of hydrogen-bond donors (Lipinski definition) is 3. The fourth-order valence-corrected chi connectivity index (χ4v) is 2.83. The van der Waals surface area contributed by atoms with Gasteiger partial charge in [0.2, 0.25) is 0 Å². The van der Waals surface area contributed by atoms with Crippen molar-refractivity contribution < 1.29 is 19.4 Å². The minimum atomic E-state index is -1.29. The molecule has 0 aliphatic heterocycles. The lowest BCUT2D eigenvalue weighted by atomic mass is 10.2. The molecule has 134 valence electrons. The van der Waals surface area contributed by atoms with Crippen LogP contribution in [0.15, 0.2) is 36.5 Å². The maximum Gasteiger partial charge on any atom is 0.405 e. The molecule has 1 heterocycles. The van der Waals surface area contributed by atoms with E-state index in [0.717, 1.165) is 10.4 Å². The normalized spacial score (nSPS) is 12.0. The molecule has 0 bridgehead atoms. The summed E-state index contributed by atoms with van der Waals surface area (Å²) in [7, 11) is 0. The molecule has 0 spiro atoms. The van der Waals surface area contributed by atoms with Gasteiger partial charge in [-0.25, -0.2) is 9.78 Å². The predicted molar refractivity (Wildman–Crippen MR) is 95.9 cm³/mol. The molecular weight excluding hydrogens is 342 g/mol. The Balaban J connectivity index is 1.92. The molecule has 0 fully saturated rings. The van der Waals surface area contributed by atoms with Crippen molar-refractivity contribution in [3.63, 3.8) is 0 Å². The highest BCUT2D eigenvalue weighted by Crippen LogP contribution is 2.25. The van der Waals surface area contributed by atoms with Crippen LogP contribution >= 0.6 is 11.3 Å². The van der Waals surface area contributed by atoms with Gasteiger partial charge in [0.05, 0.1) is 13.2 Å². The second-order valence-electron chi connectivity index (χ2n) is 5.71. The number of carbonyl (C=O) groups is 2. The largest absolute Gasteiger partial charge is 0.465 e. The van der Waals surface area contributed by atoms with Crippen molar-refractivity contribution >= 4 is 28.5 Å². The number of nitrogens with one attached hydrogen (secondary N) is 2. The smallest absolute Gasteiger partial charge is 0.405 e. The van der Waals surface area contributed by atoms with E-state index >= 15 is 0 Å². The summed E-state index contributed by atoms with van der Waals surface area (Å²) in [5.74, 6) is -0.189. The van der Waals surface area contributed by atoms with Crippen LogP contribution in [0.25, 0.3) is 0 Å². The second-order valence-corrected chi connectivity index (χ2v) is 6.78. The summed E-state index contributed by atoms with van der Waals surface area (Å²) in [6.45, 7) is 4.28. The number of anilines is 1. The van der Waals surface area contributed by atoms with Gasteiger partial charge in [-0.2, -0.15) is 0 Å². The Morgan fingerprint density at radius 3 is 2.60 bits per heavy atom. The van der Waals surface area contributed by atoms with Gasteiger partial charge in [-0.15, -0.1) is 11.3 Å². The Labute approximate surface area is 150 Å². The van der Waals surface area contributed by atoms with E-state index < -0.39 is 18.0 Å². The summed E-state index contributed by atoms with van der Waals surface area (Å²) < 4.78 is 5.48. The fraction of sp³-hybridized carbons (Fsp3) is 0.353. The molecule has 0 radical (unpaired) electrons. The summed E-state index contributed by atoms with van der Waals surface area (Å²) in [4.78, 5) is 28.4. The molecule has 25 heavy (non-hydrogen) atoms. The first-order valence-electron chi connectivity index (χ1n) is 7.83. The predicted octanol–water partition coefficient (Wildman–Crippen LogP) is 3.06. The van der Waals surface area contributed by atoms with Crippen LogP contribution in [0.5, 0.6) is 0 Å². The van der Waals surface area contributed by atoms with Crippen LogP contribution in [-0.2, 0) is 16.1 Å². The highest BCUT2D eigenvalue weighted by Gasteiger charge is 2.22. The summed E-state index contributed by atoms with van der Waals surface area (Å²) in [5, 5.41) is 14.2. The Morgan fingerprint density at radius 1 is 1.28 bits per heavy atom. The van der Waals surface area contributed by atoms with Crippen LogP contribution in [0.1, 0.15) is 30.2 Å². The van der Waals surface area contributed by atoms with Gasteiger partial charge in [-0.3, -0.25) is 4.79 Å². The van der Waals surface area contributed by atoms with Crippen LogP contribution in [0.4, 0.5) is 9.93 Å². The molecule has 8 heteroatoms. The molecule has 2 rings (SSSR count). The third kappa shape index (κ3) is 6.17. The van der Waals surface area contributed by atoms with E-state index in [1.165, 1.54) is 11.3 Å². The minimum Gasteiger partial charge on any atom is -0.465 e. The summed E-state index contributed by atoms with van der Waals surface area (Å²) in [6, 6.07) is 8.42. The number of carbonyl (C=O) groups excluding carboxylic acids is 1. The van der Waals surface area contributed by atoms with Gasteiger partial charge in [0, 0.05) is 11.1 Å². The number of aromatic nitrogens is 1. The molecule has 3 N–H and O–H groups in total. The first-order valence-corrected chi connectivity index (χ1v) is 8.65. The first kappa shape index (κ1) is 18.9. The number of thiazole rings is 1. The number of amides is 2. The van der Waals surface area contributed by atoms with E-state index in [9.17, 15) is 9.59 Å². The maximum atomic E-state index is 12.3. The molecule has 1 aromatic carbocycles. The van der Waals surface area contributed by atoms with Crippen molar-refractivity contribution in [2.75, 3.05) is 11.9 Å². The van der Waals surface area contributed by atoms with Crippen molar-refractivity contribution in [2.45, 2.75) is 32.4 Å². The van der Waals surface area contributed by atoms with Crippen molar-refractivity contribution in [1.82, 2.24) is 10.3 Å². The van der Waals surface area contributed by atoms with E-state index in [1.54, 1.807) is 6.20 Å². The lowest BCUT2D eigenvalue weighted by Crippen LogP contribution is -2.46. The summed E-state index contributed by atoms with van der Waals surface area (Å²) in [5.41, 5.74) is 0.943. The average molecular weight is 363 g/mol. The zero-order valence-electron chi connectivity index (χ0n) is 14.1. The van der Waals surface area contributed by atoms with Gasteiger partial charge in [-0.1, -0.05) is 44.2 Å². The molecule has 1 atom stereocenters. The highest BCUT2D eigenvalue weighted by molar-refractivity contribution is 7.15. The van der Waals surface area contributed by atoms with Gasteiger partial charge in [0.15, 0.2) is 5.13 Å². The Kier molecular flexibility index (Phi) is 6.91. The average Bonchev–Trinajstić information content (AvgIpc) is 3.03. The summed E-state index contributed by atoms with van der Waals surface area (Å²) in [6.07, 6.45) is 0.418. The van der Waals surface area contributed by atoms with Crippen LogP contribution in [0, 0.1) is 0 Å². The lowest BCUT2D eigenvalue weighted by molar-refractivity contribution is -0.119. The molecule has 2 aromatic rings. The second kappa shape index (κ2) is 9.14. The number of hydrogen-bond acceptors (Lipinski definition) is 5. The van der Waals surface area contributed by atoms with Crippen LogP contribution < -0.4 is 10.6 Å². The van der Waals surface area contributed by atoms with Crippen molar-refractivity contribution in [3.8, 4) is 0 Å². The van der Waals surface area contributed by atoms with Crippen LogP contribution in [0.3, 0.4) is 0 Å². The number of nitrogens with zero attached hydrogens (tertiary/aromatic N) is 1.